The Hall–Kier alpha value is -1.90. The lowest BCUT2D eigenvalue weighted by Crippen LogP contribution is -2.17. The molecule has 0 N–H and O–H groups in total. The maximum atomic E-state index is 12.7. The van der Waals surface area contributed by atoms with E-state index in [1.807, 2.05) is 31.2 Å². The molecule has 0 bridgehead atoms. The predicted octanol–water partition coefficient (Wildman–Crippen LogP) is 4.57. The Labute approximate surface area is 173 Å². The Morgan fingerprint density at radius 1 is 0.964 bits per heavy atom. The van der Waals surface area contributed by atoms with Gasteiger partial charge in [0.25, 0.3) is 0 Å². The molecule has 0 unspecified atom stereocenters. The second-order valence-corrected chi connectivity index (χ2v) is 10.9. The van der Waals surface area contributed by atoms with Crippen LogP contribution in [0.5, 0.6) is 0 Å². The summed E-state index contributed by atoms with van der Waals surface area (Å²) in [6.07, 6.45) is 2.44. The summed E-state index contributed by atoms with van der Waals surface area (Å²) in [6, 6.07) is 14.0. The fourth-order valence-corrected chi connectivity index (χ4v) is 6.17. The average molecular weight is 432 g/mol. The van der Waals surface area contributed by atoms with Crippen molar-refractivity contribution < 1.29 is 8.42 Å². The van der Waals surface area contributed by atoms with Gasteiger partial charge in [-0.15, -0.1) is 10.2 Å². The lowest BCUT2D eigenvalue weighted by atomic mass is 10.2. The molecule has 0 aliphatic carbocycles. The van der Waals surface area contributed by atoms with E-state index in [0.29, 0.717) is 9.79 Å². The Kier molecular flexibility index (Phi) is 5.70. The summed E-state index contributed by atoms with van der Waals surface area (Å²) in [6.45, 7) is 4.07. The number of thioether (sulfide) groups is 1. The van der Waals surface area contributed by atoms with Crippen molar-refractivity contribution in [1.29, 1.82) is 0 Å². The van der Waals surface area contributed by atoms with Crippen molar-refractivity contribution >= 4 is 38.1 Å². The minimum Gasteiger partial charge on any atom is -0.347 e. The van der Waals surface area contributed by atoms with Crippen LogP contribution >= 0.6 is 23.1 Å². The molecule has 1 aliphatic rings. The molecule has 1 fully saturated rings. The number of sulfone groups is 1. The number of benzene rings is 2. The van der Waals surface area contributed by atoms with Crippen LogP contribution in [-0.2, 0) is 15.6 Å². The van der Waals surface area contributed by atoms with Gasteiger partial charge >= 0.3 is 0 Å². The van der Waals surface area contributed by atoms with Crippen molar-refractivity contribution in [2.75, 3.05) is 18.0 Å². The van der Waals surface area contributed by atoms with E-state index in [2.05, 4.69) is 15.1 Å². The molecule has 2 aromatic carbocycles. The Balaban J connectivity index is 1.41. The molecule has 4 rings (SSSR count). The van der Waals surface area contributed by atoms with E-state index in [1.54, 1.807) is 47.4 Å². The van der Waals surface area contributed by atoms with Gasteiger partial charge in [-0.3, -0.25) is 0 Å². The minimum atomic E-state index is -3.48. The van der Waals surface area contributed by atoms with Crippen molar-refractivity contribution in [3.63, 3.8) is 0 Å². The molecule has 28 heavy (non-hydrogen) atoms. The van der Waals surface area contributed by atoms with Crippen LogP contribution in [-0.4, -0.2) is 31.7 Å². The maximum absolute atomic E-state index is 12.7. The third-order valence-electron chi connectivity index (χ3n) is 4.70. The van der Waals surface area contributed by atoms with Crippen molar-refractivity contribution in [3.05, 3.63) is 59.7 Å². The number of anilines is 1. The first-order valence-corrected chi connectivity index (χ1v) is 12.4. The summed E-state index contributed by atoms with van der Waals surface area (Å²) in [5.74, 6) is 0.736. The fourth-order valence-electron chi connectivity index (χ4n) is 3.06. The molecule has 1 saturated heterocycles. The number of aromatic nitrogens is 2. The van der Waals surface area contributed by atoms with Crippen LogP contribution in [0.25, 0.3) is 0 Å². The van der Waals surface area contributed by atoms with E-state index in [1.165, 1.54) is 12.8 Å². The lowest BCUT2D eigenvalue weighted by molar-refractivity contribution is 0.596. The van der Waals surface area contributed by atoms with E-state index >= 15 is 0 Å². The summed E-state index contributed by atoms with van der Waals surface area (Å²) in [5.41, 5.74) is 2.10. The molecule has 0 radical (unpaired) electrons. The summed E-state index contributed by atoms with van der Waals surface area (Å²) in [4.78, 5) is 2.92. The molecule has 8 heteroatoms. The van der Waals surface area contributed by atoms with Gasteiger partial charge in [0.2, 0.25) is 15.0 Å². The second-order valence-electron chi connectivity index (χ2n) is 6.79. The van der Waals surface area contributed by atoms with E-state index in [4.69, 9.17) is 0 Å². The lowest BCUT2D eigenvalue weighted by Gasteiger charge is -2.10. The highest BCUT2D eigenvalue weighted by Crippen LogP contribution is 2.32. The standard InChI is InChI=1S/C20H21N3O2S3/c1-15-4-8-17(9-5-15)28(24,25)18-10-6-16(7-11-18)14-26-20-22-21-19(27-20)23-12-2-3-13-23/h4-11H,2-3,12-14H2,1H3. The summed E-state index contributed by atoms with van der Waals surface area (Å²) >= 11 is 3.26. The van der Waals surface area contributed by atoms with Crippen molar-refractivity contribution in [3.8, 4) is 0 Å². The van der Waals surface area contributed by atoms with Crippen LogP contribution in [0.15, 0.2) is 62.7 Å². The van der Waals surface area contributed by atoms with Crippen molar-refractivity contribution in [1.82, 2.24) is 10.2 Å². The first-order chi connectivity index (χ1) is 13.5. The number of hydrogen-bond donors (Lipinski definition) is 0. The number of aryl methyl sites for hydroxylation is 1. The molecule has 146 valence electrons. The Morgan fingerprint density at radius 2 is 1.57 bits per heavy atom. The Morgan fingerprint density at radius 3 is 2.21 bits per heavy atom. The molecule has 0 spiro atoms. The molecule has 1 aliphatic heterocycles. The molecular weight excluding hydrogens is 410 g/mol. The second kappa shape index (κ2) is 8.23. The number of hydrogen-bond acceptors (Lipinski definition) is 7. The van der Waals surface area contributed by atoms with Crippen LogP contribution in [0.2, 0.25) is 0 Å². The van der Waals surface area contributed by atoms with Gasteiger partial charge in [0.05, 0.1) is 9.79 Å². The van der Waals surface area contributed by atoms with E-state index in [-0.39, 0.29) is 0 Å². The molecule has 3 aromatic rings. The molecule has 0 amide bonds. The SMILES string of the molecule is Cc1ccc(S(=O)(=O)c2ccc(CSc3nnc(N4CCCC4)s3)cc2)cc1. The van der Waals surface area contributed by atoms with Gasteiger partial charge < -0.3 is 4.90 Å². The van der Waals surface area contributed by atoms with Gasteiger partial charge in [-0.05, 0) is 49.6 Å². The third-order valence-corrected chi connectivity index (χ3v) is 8.67. The summed E-state index contributed by atoms with van der Waals surface area (Å²) in [5, 5.41) is 9.56. The normalized spacial score (nSPS) is 14.5. The fraction of sp³-hybridized carbons (Fsp3) is 0.300. The van der Waals surface area contributed by atoms with Crippen LogP contribution in [0.3, 0.4) is 0 Å². The number of rotatable bonds is 6. The molecule has 0 atom stereocenters. The molecule has 1 aromatic heterocycles. The molecule has 5 nitrogen and oxygen atoms in total. The van der Waals surface area contributed by atoms with Crippen molar-refractivity contribution in [2.45, 2.75) is 39.6 Å². The van der Waals surface area contributed by atoms with E-state index in [9.17, 15) is 8.42 Å². The smallest absolute Gasteiger partial charge is 0.209 e. The first-order valence-electron chi connectivity index (χ1n) is 9.14. The molecule has 0 saturated carbocycles. The van der Waals surface area contributed by atoms with Gasteiger partial charge in [-0.25, -0.2) is 8.42 Å². The first kappa shape index (κ1) is 19.4. The highest BCUT2D eigenvalue weighted by atomic mass is 32.2. The van der Waals surface area contributed by atoms with E-state index in [0.717, 1.165) is 39.4 Å². The van der Waals surface area contributed by atoms with Crippen LogP contribution in [0.1, 0.15) is 24.0 Å². The zero-order valence-electron chi connectivity index (χ0n) is 15.5. The van der Waals surface area contributed by atoms with Gasteiger partial charge in [0, 0.05) is 18.8 Å². The van der Waals surface area contributed by atoms with Crippen LogP contribution in [0.4, 0.5) is 5.13 Å². The van der Waals surface area contributed by atoms with Crippen LogP contribution in [0, 0.1) is 6.92 Å². The average Bonchev–Trinajstić information content (AvgIpc) is 3.39. The summed E-state index contributed by atoms with van der Waals surface area (Å²) in [7, 11) is -3.48. The zero-order chi connectivity index (χ0) is 19.6. The Bertz CT molecular complexity index is 1040. The molecular formula is C20H21N3O2S3. The maximum Gasteiger partial charge on any atom is 0.209 e. The van der Waals surface area contributed by atoms with Gasteiger partial charge in [0.15, 0.2) is 4.34 Å². The third kappa shape index (κ3) is 4.24. The summed E-state index contributed by atoms with van der Waals surface area (Å²) < 4.78 is 26.4. The van der Waals surface area contributed by atoms with Gasteiger partial charge in [0.1, 0.15) is 0 Å². The quantitative estimate of drug-likeness (QED) is 0.533. The number of nitrogens with zero attached hydrogens (tertiary/aromatic N) is 3. The van der Waals surface area contributed by atoms with Crippen molar-refractivity contribution in [2.24, 2.45) is 0 Å². The largest absolute Gasteiger partial charge is 0.347 e. The molecule has 2 heterocycles. The van der Waals surface area contributed by atoms with Gasteiger partial charge in [-0.2, -0.15) is 0 Å². The minimum absolute atomic E-state index is 0.317. The highest BCUT2D eigenvalue weighted by molar-refractivity contribution is 8.00. The van der Waals surface area contributed by atoms with E-state index < -0.39 is 9.84 Å². The monoisotopic (exact) mass is 431 g/mol. The highest BCUT2D eigenvalue weighted by Gasteiger charge is 2.18. The zero-order valence-corrected chi connectivity index (χ0v) is 18.0. The topological polar surface area (TPSA) is 63.2 Å². The van der Waals surface area contributed by atoms with Gasteiger partial charge in [-0.1, -0.05) is 52.9 Å². The predicted molar refractivity (Wildman–Crippen MR) is 114 cm³/mol. The van der Waals surface area contributed by atoms with Crippen LogP contribution < -0.4 is 4.90 Å².